The lowest BCUT2D eigenvalue weighted by molar-refractivity contribution is -0.119. The lowest BCUT2D eigenvalue weighted by atomic mass is 9.97. The minimum atomic E-state index is -1.88. The molecule has 1 saturated heterocycles. The minimum absolute atomic E-state index is 0.0335. The molecule has 0 spiro atoms. The molecular formula is C28H37ClN2O3Si. The Morgan fingerprint density at radius 1 is 1.20 bits per heavy atom. The third-order valence-electron chi connectivity index (χ3n) is 7.53. The molecule has 188 valence electrons. The monoisotopic (exact) mass is 512 g/mol. The highest BCUT2D eigenvalue weighted by Gasteiger charge is 2.37. The fraction of sp³-hybridized carbons (Fsp3) is 0.500. The van der Waals surface area contributed by atoms with E-state index in [0.717, 1.165) is 28.8 Å². The maximum atomic E-state index is 11.8. The van der Waals surface area contributed by atoms with Crippen LogP contribution in [0.5, 0.6) is 5.88 Å². The largest absolute Gasteiger partial charge is 0.481 e. The molecule has 1 N–H and O–H groups in total. The van der Waals surface area contributed by atoms with E-state index in [0.29, 0.717) is 29.8 Å². The fourth-order valence-electron chi connectivity index (χ4n) is 4.07. The number of carbonyl (C=O) groups is 1. The number of nitrogens with one attached hydrogen (secondary N) is 1. The van der Waals surface area contributed by atoms with Gasteiger partial charge in [0.25, 0.3) is 0 Å². The zero-order valence-corrected chi connectivity index (χ0v) is 23.5. The summed E-state index contributed by atoms with van der Waals surface area (Å²) in [6.45, 7) is 11.7. The van der Waals surface area contributed by atoms with E-state index < -0.39 is 8.32 Å². The van der Waals surface area contributed by atoms with E-state index in [1.54, 1.807) is 7.11 Å². The van der Waals surface area contributed by atoms with Crippen molar-refractivity contribution in [1.29, 1.82) is 0 Å². The van der Waals surface area contributed by atoms with Gasteiger partial charge >= 0.3 is 0 Å². The average molecular weight is 513 g/mol. The first-order valence-electron chi connectivity index (χ1n) is 12.5. The van der Waals surface area contributed by atoms with Crippen LogP contribution in [-0.2, 0) is 15.8 Å². The molecule has 0 unspecified atom stereocenters. The van der Waals surface area contributed by atoms with E-state index in [-0.39, 0.29) is 17.0 Å². The lowest BCUT2D eigenvalue weighted by Gasteiger charge is -2.36. The summed E-state index contributed by atoms with van der Waals surface area (Å²) in [5, 5.41) is 3.85. The molecule has 2 fully saturated rings. The molecule has 1 amide bonds. The van der Waals surface area contributed by atoms with Gasteiger partial charge in [-0.2, -0.15) is 0 Å². The Hall–Kier alpha value is -2.15. The number of pyridine rings is 1. The van der Waals surface area contributed by atoms with Crippen LogP contribution in [0.3, 0.4) is 0 Å². The Morgan fingerprint density at radius 3 is 2.51 bits per heavy atom. The SMILES string of the molecule is COc1nc(/C(=C/[C@H]2CCC(=O)N2)c2ccc(CO[Si](C)(C)C(C)(C)C)c(Cl)c2)ccc1C1CC1. The molecule has 35 heavy (non-hydrogen) atoms. The van der Waals surface area contributed by atoms with Crippen LogP contribution >= 0.6 is 11.6 Å². The second-order valence-electron chi connectivity index (χ2n) is 11.2. The number of ether oxygens (including phenoxy) is 1. The molecule has 0 bridgehead atoms. The average Bonchev–Trinajstić information content (AvgIpc) is 3.56. The first-order chi connectivity index (χ1) is 16.5. The summed E-state index contributed by atoms with van der Waals surface area (Å²) in [5.41, 5.74) is 4.86. The normalized spacial score (nSPS) is 19.1. The number of methoxy groups -OCH3 is 1. The Labute approximate surface area is 215 Å². The molecule has 2 heterocycles. The molecule has 1 saturated carbocycles. The summed E-state index contributed by atoms with van der Waals surface area (Å²) in [5.74, 6) is 1.30. The third kappa shape index (κ3) is 5.99. The second kappa shape index (κ2) is 10.1. The summed E-state index contributed by atoms with van der Waals surface area (Å²) < 4.78 is 12.0. The number of carbonyl (C=O) groups excluding carboxylic acids is 1. The molecule has 5 nitrogen and oxygen atoms in total. The van der Waals surface area contributed by atoms with Gasteiger partial charge in [-0.15, -0.1) is 0 Å². The Balaban J connectivity index is 1.66. The Kier molecular flexibility index (Phi) is 7.46. The van der Waals surface area contributed by atoms with Crippen LogP contribution in [-0.4, -0.2) is 32.4 Å². The van der Waals surface area contributed by atoms with Crippen molar-refractivity contribution in [3.05, 3.63) is 63.8 Å². The lowest BCUT2D eigenvalue weighted by Crippen LogP contribution is -2.40. The molecule has 4 rings (SSSR count). The first kappa shape index (κ1) is 25.9. The third-order valence-corrected chi connectivity index (χ3v) is 12.4. The predicted octanol–water partition coefficient (Wildman–Crippen LogP) is 6.85. The number of benzene rings is 1. The molecular weight excluding hydrogens is 476 g/mol. The first-order valence-corrected chi connectivity index (χ1v) is 15.8. The summed E-state index contributed by atoms with van der Waals surface area (Å²) in [6, 6.07) is 10.2. The Morgan fingerprint density at radius 2 is 1.94 bits per heavy atom. The van der Waals surface area contributed by atoms with Crippen molar-refractivity contribution in [3.8, 4) is 5.88 Å². The molecule has 1 aliphatic carbocycles. The number of halogens is 1. The maximum absolute atomic E-state index is 11.8. The molecule has 1 atom stereocenters. The van der Waals surface area contributed by atoms with E-state index >= 15 is 0 Å². The van der Waals surface area contributed by atoms with Crippen LogP contribution in [0.4, 0.5) is 0 Å². The van der Waals surface area contributed by atoms with Crippen molar-refractivity contribution in [2.45, 2.75) is 83.2 Å². The van der Waals surface area contributed by atoms with Crippen molar-refractivity contribution < 1.29 is 14.0 Å². The van der Waals surface area contributed by atoms with E-state index in [2.05, 4.69) is 63.5 Å². The zero-order chi connectivity index (χ0) is 25.4. The van der Waals surface area contributed by atoms with Gasteiger partial charge in [0.05, 0.1) is 19.4 Å². The molecule has 1 aromatic carbocycles. The topological polar surface area (TPSA) is 60.5 Å². The van der Waals surface area contributed by atoms with Crippen molar-refractivity contribution in [1.82, 2.24) is 10.3 Å². The van der Waals surface area contributed by atoms with Crippen LogP contribution in [0, 0.1) is 0 Å². The molecule has 2 aliphatic rings. The molecule has 0 radical (unpaired) electrons. The van der Waals surface area contributed by atoms with Crippen LogP contribution in [0.15, 0.2) is 36.4 Å². The van der Waals surface area contributed by atoms with E-state index in [1.807, 2.05) is 12.1 Å². The summed E-state index contributed by atoms with van der Waals surface area (Å²) in [6.07, 6.45) is 5.77. The second-order valence-corrected chi connectivity index (χ2v) is 16.4. The van der Waals surface area contributed by atoms with Gasteiger partial charge in [-0.25, -0.2) is 4.98 Å². The molecule has 1 aromatic heterocycles. The van der Waals surface area contributed by atoms with Gasteiger partial charge in [0.15, 0.2) is 8.32 Å². The highest BCUT2D eigenvalue weighted by Crippen LogP contribution is 2.44. The van der Waals surface area contributed by atoms with Gasteiger partial charge in [-0.05, 0) is 66.6 Å². The van der Waals surface area contributed by atoms with Gasteiger partial charge < -0.3 is 14.5 Å². The fourth-order valence-corrected chi connectivity index (χ4v) is 5.25. The number of amides is 1. The van der Waals surface area contributed by atoms with Crippen LogP contribution in [0.1, 0.15) is 74.8 Å². The number of aromatic nitrogens is 1. The number of rotatable bonds is 8. The van der Waals surface area contributed by atoms with Gasteiger partial charge in [-0.3, -0.25) is 4.79 Å². The van der Waals surface area contributed by atoms with Crippen LogP contribution in [0.2, 0.25) is 23.2 Å². The summed E-state index contributed by atoms with van der Waals surface area (Å²) in [7, 11) is -0.211. The number of hydrogen-bond acceptors (Lipinski definition) is 4. The molecule has 7 heteroatoms. The van der Waals surface area contributed by atoms with Gasteiger partial charge in [-0.1, -0.05) is 56.6 Å². The van der Waals surface area contributed by atoms with Crippen molar-refractivity contribution in [2.75, 3.05) is 7.11 Å². The Bertz CT molecular complexity index is 1140. The number of hydrogen-bond donors (Lipinski definition) is 1. The minimum Gasteiger partial charge on any atom is -0.481 e. The number of nitrogens with zero attached hydrogens (tertiary/aromatic N) is 1. The highest BCUT2D eigenvalue weighted by atomic mass is 35.5. The quantitative estimate of drug-likeness (QED) is 0.393. The summed E-state index contributed by atoms with van der Waals surface area (Å²) in [4.78, 5) is 16.7. The summed E-state index contributed by atoms with van der Waals surface area (Å²) >= 11 is 6.77. The van der Waals surface area contributed by atoms with Crippen molar-refractivity contribution >= 4 is 31.4 Å². The van der Waals surface area contributed by atoms with Gasteiger partial charge in [0.2, 0.25) is 11.8 Å². The van der Waals surface area contributed by atoms with E-state index in [9.17, 15) is 4.79 Å². The molecule has 2 aromatic rings. The van der Waals surface area contributed by atoms with Gasteiger partial charge in [0, 0.05) is 28.6 Å². The smallest absolute Gasteiger partial charge is 0.220 e. The maximum Gasteiger partial charge on any atom is 0.220 e. The predicted molar refractivity (Wildman–Crippen MR) is 144 cm³/mol. The van der Waals surface area contributed by atoms with Crippen molar-refractivity contribution in [2.24, 2.45) is 0 Å². The zero-order valence-electron chi connectivity index (χ0n) is 21.7. The van der Waals surface area contributed by atoms with Crippen molar-refractivity contribution in [3.63, 3.8) is 0 Å². The molecule has 1 aliphatic heterocycles. The van der Waals surface area contributed by atoms with Gasteiger partial charge in [0.1, 0.15) is 0 Å². The van der Waals surface area contributed by atoms with E-state index in [1.165, 1.54) is 18.4 Å². The highest BCUT2D eigenvalue weighted by molar-refractivity contribution is 6.74. The standard InChI is InChI=1S/C28H37ClN2O3Si/c1-28(2,3)35(5,6)34-17-20-10-9-19(15-24(20)29)23(16-21-11-14-26(32)30-21)25-13-12-22(18-7-8-18)27(31-25)33-4/h9-10,12-13,15-16,18,21H,7-8,11,14,17H2,1-6H3,(H,30,32)/b23-16+/t21-/m1/s1. The van der Waals surface area contributed by atoms with Crippen LogP contribution in [0.25, 0.3) is 5.57 Å². The van der Waals surface area contributed by atoms with E-state index in [4.69, 9.17) is 25.7 Å². The van der Waals surface area contributed by atoms with Crippen LogP contribution < -0.4 is 10.1 Å².